The van der Waals surface area contributed by atoms with E-state index in [0.717, 1.165) is 28.1 Å². The topological polar surface area (TPSA) is 77.8 Å². The molecule has 2 heterocycles. The van der Waals surface area contributed by atoms with Crippen molar-refractivity contribution in [1.29, 1.82) is 0 Å². The number of aromatic nitrogens is 3. The fraction of sp³-hybridized carbons (Fsp3) is 0.188. The predicted octanol–water partition coefficient (Wildman–Crippen LogP) is 3.31. The standard InChI is InChI=1S/C16H16N4O/c1-9-4-5-12(8-14(9)17)16-19-15(20-21-16)13-6-10(2)18-11(3)7-13/h4-8H,17H2,1-3H3. The highest BCUT2D eigenvalue weighted by atomic mass is 16.5. The normalized spacial score (nSPS) is 10.8. The van der Waals surface area contributed by atoms with Crippen LogP contribution in [0.25, 0.3) is 22.8 Å². The zero-order valence-electron chi connectivity index (χ0n) is 12.2. The van der Waals surface area contributed by atoms with Gasteiger partial charge in [0.15, 0.2) is 0 Å². The van der Waals surface area contributed by atoms with Crippen molar-refractivity contribution in [1.82, 2.24) is 15.1 Å². The van der Waals surface area contributed by atoms with E-state index in [1.165, 1.54) is 0 Å². The van der Waals surface area contributed by atoms with Crippen molar-refractivity contribution < 1.29 is 4.52 Å². The van der Waals surface area contributed by atoms with E-state index in [1.807, 2.05) is 51.1 Å². The molecule has 106 valence electrons. The molecule has 0 radical (unpaired) electrons. The lowest BCUT2D eigenvalue weighted by Crippen LogP contribution is -1.90. The molecule has 0 spiro atoms. The van der Waals surface area contributed by atoms with E-state index in [1.54, 1.807) is 0 Å². The highest BCUT2D eigenvalue weighted by Crippen LogP contribution is 2.25. The molecule has 0 saturated carbocycles. The SMILES string of the molecule is Cc1cc(-c2noc(-c3ccc(C)c(N)c3)n2)cc(C)n1. The molecule has 0 aliphatic heterocycles. The van der Waals surface area contributed by atoms with E-state index < -0.39 is 0 Å². The van der Waals surface area contributed by atoms with Crippen LogP contribution in [0.3, 0.4) is 0 Å². The summed E-state index contributed by atoms with van der Waals surface area (Å²) in [6.07, 6.45) is 0. The number of rotatable bonds is 2. The average Bonchev–Trinajstić information content (AvgIpc) is 2.90. The van der Waals surface area contributed by atoms with E-state index in [2.05, 4.69) is 15.1 Å². The number of aryl methyl sites for hydroxylation is 3. The van der Waals surface area contributed by atoms with Gasteiger partial charge in [-0.2, -0.15) is 4.98 Å². The molecule has 3 aromatic rings. The van der Waals surface area contributed by atoms with Gasteiger partial charge in [-0.3, -0.25) is 4.98 Å². The van der Waals surface area contributed by atoms with Crippen LogP contribution >= 0.6 is 0 Å². The van der Waals surface area contributed by atoms with Gasteiger partial charge >= 0.3 is 0 Å². The summed E-state index contributed by atoms with van der Waals surface area (Å²) in [5, 5.41) is 4.04. The molecule has 5 nitrogen and oxygen atoms in total. The predicted molar refractivity (Wildman–Crippen MR) is 81.6 cm³/mol. The largest absolute Gasteiger partial charge is 0.398 e. The van der Waals surface area contributed by atoms with Crippen molar-refractivity contribution in [2.75, 3.05) is 5.73 Å². The Morgan fingerprint density at radius 1 is 0.905 bits per heavy atom. The maximum atomic E-state index is 5.92. The number of hydrogen-bond acceptors (Lipinski definition) is 5. The third-order valence-corrected chi connectivity index (χ3v) is 3.29. The second kappa shape index (κ2) is 5.01. The minimum atomic E-state index is 0.462. The van der Waals surface area contributed by atoms with Crippen LogP contribution in [0.2, 0.25) is 0 Å². The Kier molecular flexibility index (Phi) is 3.17. The molecule has 0 bridgehead atoms. The molecule has 2 N–H and O–H groups in total. The summed E-state index contributed by atoms with van der Waals surface area (Å²) in [6.45, 7) is 5.84. The Labute approximate surface area is 122 Å². The minimum absolute atomic E-state index is 0.462. The molecule has 5 heteroatoms. The smallest absolute Gasteiger partial charge is 0.258 e. The second-order valence-corrected chi connectivity index (χ2v) is 5.13. The van der Waals surface area contributed by atoms with Crippen molar-refractivity contribution >= 4 is 5.69 Å². The Balaban J connectivity index is 2.01. The van der Waals surface area contributed by atoms with E-state index >= 15 is 0 Å². The molecule has 0 amide bonds. The lowest BCUT2D eigenvalue weighted by atomic mass is 10.1. The zero-order valence-corrected chi connectivity index (χ0v) is 12.2. The summed E-state index contributed by atoms with van der Waals surface area (Å²) in [6, 6.07) is 9.58. The van der Waals surface area contributed by atoms with Crippen LogP contribution in [0.1, 0.15) is 17.0 Å². The second-order valence-electron chi connectivity index (χ2n) is 5.13. The number of pyridine rings is 1. The number of nitrogen functional groups attached to an aromatic ring is 1. The fourth-order valence-electron chi connectivity index (χ4n) is 2.20. The molecule has 3 rings (SSSR count). The Bertz CT molecular complexity index is 788. The summed E-state index contributed by atoms with van der Waals surface area (Å²) in [5.41, 5.74) is 11.2. The van der Waals surface area contributed by atoms with Crippen LogP contribution in [0.5, 0.6) is 0 Å². The molecule has 0 atom stereocenters. The van der Waals surface area contributed by atoms with Crippen LogP contribution in [0.4, 0.5) is 5.69 Å². The molecule has 0 aliphatic carbocycles. The van der Waals surface area contributed by atoms with Crippen molar-refractivity contribution in [2.24, 2.45) is 0 Å². The maximum Gasteiger partial charge on any atom is 0.258 e. The van der Waals surface area contributed by atoms with Crippen LogP contribution in [-0.2, 0) is 0 Å². The Morgan fingerprint density at radius 2 is 1.62 bits per heavy atom. The first-order valence-corrected chi connectivity index (χ1v) is 6.69. The van der Waals surface area contributed by atoms with Crippen LogP contribution in [0, 0.1) is 20.8 Å². The Morgan fingerprint density at radius 3 is 2.29 bits per heavy atom. The number of hydrogen-bond donors (Lipinski definition) is 1. The molecule has 21 heavy (non-hydrogen) atoms. The van der Waals surface area contributed by atoms with Crippen molar-refractivity contribution in [3.8, 4) is 22.8 Å². The van der Waals surface area contributed by atoms with Crippen LogP contribution < -0.4 is 5.73 Å². The van der Waals surface area contributed by atoms with E-state index in [9.17, 15) is 0 Å². The van der Waals surface area contributed by atoms with Crippen molar-refractivity contribution in [2.45, 2.75) is 20.8 Å². The van der Waals surface area contributed by atoms with Crippen LogP contribution in [0.15, 0.2) is 34.9 Å². The molecule has 0 fully saturated rings. The summed E-state index contributed by atoms with van der Waals surface area (Å²) in [7, 11) is 0. The van der Waals surface area contributed by atoms with Crippen molar-refractivity contribution in [3.63, 3.8) is 0 Å². The third-order valence-electron chi connectivity index (χ3n) is 3.29. The van der Waals surface area contributed by atoms with Crippen molar-refractivity contribution in [3.05, 3.63) is 47.3 Å². The lowest BCUT2D eigenvalue weighted by molar-refractivity contribution is 0.432. The summed E-state index contributed by atoms with van der Waals surface area (Å²) >= 11 is 0. The maximum absolute atomic E-state index is 5.92. The first-order valence-electron chi connectivity index (χ1n) is 6.69. The highest BCUT2D eigenvalue weighted by molar-refractivity contribution is 5.64. The summed E-state index contributed by atoms with van der Waals surface area (Å²) in [5.74, 6) is 1.02. The average molecular weight is 280 g/mol. The molecule has 0 aliphatic rings. The van der Waals surface area contributed by atoms with Gasteiger partial charge in [0, 0.05) is 28.2 Å². The number of nitrogens with zero attached hydrogens (tertiary/aromatic N) is 3. The summed E-state index contributed by atoms with van der Waals surface area (Å²) < 4.78 is 5.34. The first kappa shape index (κ1) is 13.3. The highest BCUT2D eigenvalue weighted by Gasteiger charge is 2.12. The van der Waals surface area contributed by atoms with E-state index in [4.69, 9.17) is 10.3 Å². The van der Waals surface area contributed by atoms with E-state index in [-0.39, 0.29) is 0 Å². The van der Waals surface area contributed by atoms with Gasteiger partial charge in [-0.1, -0.05) is 11.2 Å². The van der Waals surface area contributed by atoms with Gasteiger partial charge in [0.1, 0.15) is 0 Å². The zero-order chi connectivity index (χ0) is 15.0. The van der Waals surface area contributed by atoms with Crippen LogP contribution in [-0.4, -0.2) is 15.1 Å². The Hall–Kier alpha value is -2.69. The molecular formula is C16H16N4O. The fourth-order valence-corrected chi connectivity index (χ4v) is 2.20. The number of benzene rings is 1. The molecule has 0 saturated heterocycles. The molecular weight excluding hydrogens is 264 g/mol. The van der Waals surface area contributed by atoms with Gasteiger partial charge in [-0.25, -0.2) is 0 Å². The quantitative estimate of drug-likeness (QED) is 0.729. The monoisotopic (exact) mass is 280 g/mol. The van der Waals surface area contributed by atoms with Gasteiger partial charge in [0.05, 0.1) is 0 Å². The summed E-state index contributed by atoms with van der Waals surface area (Å²) in [4.78, 5) is 8.79. The molecule has 1 aromatic carbocycles. The minimum Gasteiger partial charge on any atom is -0.398 e. The number of anilines is 1. The first-order chi connectivity index (χ1) is 10.0. The lowest BCUT2D eigenvalue weighted by Gasteiger charge is -2.00. The van der Waals surface area contributed by atoms with Gasteiger partial charge in [-0.15, -0.1) is 0 Å². The number of nitrogens with two attached hydrogens (primary N) is 1. The van der Waals surface area contributed by atoms with Gasteiger partial charge in [0.2, 0.25) is 5.82 Å². The van der Waals surface area contributed by atoms with Gasteiger partial charge in [-0.05, 0) is 50.6 Å². The molecule has 2 aromatic heterocycles. The van der Waals surface area contributed by atoms with Gasteiger partial charge in [0.25, 0.3) is 5.89 Å². The van der Waals surface area contributed by atoms with E-state index in [0.29, 0.717) is 17.4 Å². The molecule has 0 unspecified atom stereocenters. The third kappa shape index (κ3) is 2.63. The van der Waals surface area contributed by atoms with Gasteiger partial charge < -0.3 is 10.3 Å².